The lowest BCUT2D eigenvalue weighted by Crippen LogP contribution is -2.64. The minimum atomic E-state index is -3.62. The van der Waals surface area contributed by atoms with E-state index in [-0.39, 0.29) is 24.8 Å². The van der Waals surface area contributed by atoms with Gasteiger partial charge in [0.2, 0.25) is 5.79 Å². The smallest absolute Gasteiger partial charge is 0.335 e. The summed E-state index contributed by atoms with van der Waals surface area (Å²) in [6.07, 6.45) is -1.49. The highest BCUT2D eigenvalue weighted by Gasteiger charge is 2.56. The van der Waals surface area contributed by atoms with Crippen LogP contribution in [0.25, 0.3) is 0 Å². The van der Waals surface area contributed by atoms with Crippen LogP contribution < -0.4 is 0 Å². The summed E-state index contributed by atoms with van der Waals surface area (Å²) in [5.41, 5.74) is 1.95. The van der Waals surface area contributed by atoms with Gasteiger partial charge in [-0.15, -0.1) is 0 Å². The molecule has 0 aromatic heterocycles. The molecule has 2 aromatic rings. The Hall–Kier alpha value is -1.57. The third-order valence-corrected chi connectivity index (χ3v) is 8.09. The van der Waals surface area contributed by atoms with Crippen molar-refractivity contribution in [1.82, 2.24) is 0 Å². The average molecular weight is 479 g/mol. The van der Waals surface area contributed by atoms with Crippen molar-refractivity contribution in [3.8, 4) is 0 Å². The van der Waals surface area contributed by atoms with E-state index in [1.165, 1.54) is 14.2 Å². The summed E-state index contributed by atoms with van der Waals surface area (Å²) >= 11 is 0. The molecule has 0 aliphatic carbocycles. The molecule has 1 heterocycles. The molecule has 33 heavy (non-hydrogen) atoms. The molecule has 1 N–H and O–H groups in total. The van der Waals surface area contributed by atoms with Crippen LogP contribution in [0.3, 0.4) is 0 Å². The van der Waals surface area contributed by atoms with Crippen LogP contribution in [0.1, 0.15) is 31.4 Å². The summed E-state index contributed by atoms with van der Waals surface area (Å²) < 4.78 is 42.0. The molecule has 0 bridgehead atoms. The number of benzene rings is 2. The zero-order chi connectivity index (χ0) is 23.9. The Balaban J connectivity index is 1.92. The zero-order valence-corrected chi connectivity index (χ0v) is 20.6. The lowest BCUT2D eigenvalue weighted by molar-refractivity contribution is -0.343. The maximum atomic E-state index is 13.0. The summed E-state index contributed by atoms with van der Waals surface area (Å²) in [6, 6.07) is 19.5. The van der Waals surface area contributed by atoms with Gasteiger partial charge in [0.05, 0.1) is 25.4 Å². The van der Waals surface area contributed by atoms with Gasteiger partial charge in [0.25, 0.3) is 0 Å². The van der Waals surface area contributed by atoms with E-state index >= 15 is 0 Å². The second-order valence-electron chi connectivity index (χ2n) is 8.38. The van der Waals surface area contributed by atoms with Gasteiger partial charge in [-0.05, 0) is 17.5 Å². The molecule has 3 rings (SSSR count). The van der Waals surface area contributed by atoms with Crippen LogP contribution in [0.2, 0.25) is 0 Å². The maximum Gasteiger partial charge on any atom is 0.335 e. The van der Waals surface area contributed by atoms with Gasteiger partial charge in [-0.25, -0.2) is 0 Å². The normalized spacial score (nSPS) is 28.0. The molecule has 0 amide bonds. The number of hydrogen-bond acceptors (Lipinski definition) is 7. The maximum absolute atomic E-state index is 13.0. The van der Waals surface area contributed by atoms with E-state index in [1.807, 2.05) is 74.5 Å². The minimum Gasteiger partial charge on any atom is -0.370 e. The van der Waals surface area contributed by atoms with Crippen molar-refractivity contribution in [2.45, 2.75) is 57.6 Å². The standard InChI is InChI=1S/C25H35O7P/c1-5-22-19(2)23(30-16-20-12-8-6-9-13-20)24(31-17-21-14-10-7-11-15-21)25(26,32-22)18-33(27,28-3)29-4/h6-15,19,22-24,26H,5,16-18H2,1-4H3/t19-,22-,23+,24-,25+/m1/s1. The molecular weight excluding hydrogens is 443 g/mol. The van der Waals surface area contributed by atoms with E-state index in [2.05, 4.69) is 0 Å². The molecule has 0 saturated carbocycles. The SMILES string of the molecule is CC[C@H]1O[C@@](O)(CP(=O)(OC)OC)[C@H](OCc2ccccc2)[C@@H](OCc2ccccc2)[C@@H]1C. The fourth-order valence-corrected chi connectivity index (χ4v) is 5.45. The van der Waals surface area contributed by atoms with E-state index < -0.39 is 25.6 Å². The fourth-order valence-electron chi connectivity index (χ4n) is 4.24. The first-order chi connectivity index (χ1) is 15.8. The largest absolute Gasteiger partial charge is 0.370 e. The first-order valence-electron chi connectivity index (χ1n) is 11.3. The van der Waals surface area contributed by atoms with Crippen LogP contribution in [0.5, 0.6) is 0 Å². The summed E-state index contributed by atoms with van der Waals surface area (Å²) in [6.45, 7) is 4.58. The molecule has 182 valence electrons. The Morgan fingerprint density at radius 2 is 1.45 bits per heavy atom. The predicted octanol–water partition coefficient (Wildman–Crippen LogP) is 4.78. The second kappa shape index (κ2) is 11.7. The Morgan fingerprint density at radius 3 is 1.94 bits per heavy atom. The van der Waals surface area contributed by atoms with Gasteiger partial charge in [-0.2, -0.15) is 0 Å². The van der Waals surface area contributed by atoms with Crippen molar-refractivity contribution in [3.63, 3.8) is 0 Å². The molecular formula is C25H35O7P. The molecule has 1 aliphatic rings. The van der Waals surface area contributed by atoms with Crippen molar-refractivity contribution in [2.75, 3.05) is 20.4 Å². The van der Waals surface area contributed by atoms with Gasteiger partial charge in [-0.1, -0.05) is 74.5 Å². The van der Waals surface area contributed by atoms with Crippen molar-refractivity contribution in [2.24, 2.45) is 5.92 Å². The summed E-state index contributed by atoms with van der Waals surface area (Å²) in [5, 5.41) is 11.7. The number of ether oxygens (including phenoxy) is 3. The van der Waals surface area contributed by atoms with Crippen molar-refractivity contribution in [3.05, 3.63) is 71.8 Å². The molecule has 1 fully saturated rings. The Bertz CT molecular complexity index is 886. The average Bonchev–Trinajstić information content (AvgIpc) is 2.84. The van der Waals surface area contributed by atoms with Crippen molar-refractivity contribution in [1.29, 1.82) is 0 Å². The third kappa shape index (κ3) is 6.52. The monoisotopic (exact) mass is 478 g/mol. The highest BCUT2D eigenvalue weighted by atomic mass is 31.2. The van der Waals surface area contributed by atoms with E-state index in [9.17, 15) is 9.67 Å². The molecule has 1 saturated heterocycles. The van der Waals surface area contributed by atoms with E-state index in [0.717, 1.165) is 11.1 Å². The molecule has 0 radical (unpaired) electrons. The summed E-state index contributed by atoms with van der Waals surface area (Å²) in [4.78, 5) is 0. The quantitative estimate of drug-likeness (QED) is 0.466. The van der Waals surface area contributed by atoms with Crippen LogP contribution in [-0.2, 0) is 41.0 Å². The van der Waals surface area contributed by atoms with Crippen LogP contribution in [-0.4, -0.2) is 49.6 Å². The lowest BCUT2D eigenvalue weighted by atomic mass is 9.85. The van der Waals surface area contributed by atoms with Gasteiger partial charge < -0.3 is 28.4 Å². The molecule has 8 heteroatoms. The Kier molecular flexibility index (Phi) is 9.25. The van der Waals surface area contributed by atoms with E-state index in [4.69, 9.17) is 23.3 Å². The second-order valence-corrected chi connectivity index (χ2v) is 10.6. The van der Waals surface area contributed by atoms with Crippen molar-refractivity contribution < 1.29 is 32.9 Å². The van der Waals surface area contributed by atoms with Crippen LogP contribution >= 0.6 is 7.60 Å². The third-order valence-electron chi connectivity index (χ3n) is 6.14. The number of aliphatic hydroxyl groups is 1. The molecule has 5 atom stereocenters. The first kappa shape index (κ1) is 26.0. The van der Waals surface area contributed by atoms with Gasteiger partial charge in [-0.3, -0.25) is 4.57 Å². The Labute approximate surface area is 196 Å². The highest BCUT2D eigenvalue weighted by Crippen LogP contribution is 2.52. The molecule has 1 aliphatic heterocycles. The number of rotatable bonds is 11. The van der Waals surface area contributed by atoms with Crippen LogP contribution in [0.15, 0.2) is 60.7 Å². The molecule has 0 spiro atoms. The first-order valence-corrected chi connectivity index (χ1v) is 13.0. The van der Waals surface area contributed by atoms with Gasteiger partial charge in [0.1, 0.15) is 12.3 Å². The van der Waals surface area contributed by atoms with Gasteiger partial charge in [0.15, 0.2) is 0 Å². The molecule has 2 aromatic carbocycles. The lowest BCUT2D eigenvalue weighted by Gasteiger charge is -2.50. The topological polar surface area (TPSA) is 83.5 Å². The summed E-state index contributed by atoms with van der Waals surface area (Å²) in [5.74, 6) is -2.01. The zero-order valence-electron chi connectivity index (χ0n) is 19.8. The van der Waals surface area contributed by atoms with Crippen LogP contribution in [0, 0.1) is 5.92 Å². The van der Waals surface area contributed by atoms with E-state index in [0.29, 0.717) is 13.0 Å². The van der Waals surface area contributed by atoms with Crippen LogP contribution in [0.4, 0.5) is 0 Å². The fraction of sp³-hybridized carbons (Fsp3) is 0.520. The summed E-state index contributed by atoms with van der Waals surface area (Å²) in [7, 11) is -1.04. The van der Waals surface area contributed by atoms with Gasteiger partial charge >= 0.3 is 7.60 Å². The molecule has 0 unspecified atom stereocenters. The predicted molar refractivity (Wildman–Crippen MR) is 126 cm³/mol. The highest BCUT2D eigenvalue weighted by molar-refractivity contribution is 7.53. The van der Waals surface area contributed by atoms with Gasteiger partial charge in [0, 0.05) is 20.1 Å². The van der Waals surface area contributed by atoms with E-state index in [1.54, 1.807) is 0 Å². The van der Waals surface area contributed by atoms with Crippen molar-refractivity contribution >= 4 is 7.60 Å². The minimum absolute atomic E-state index is 0.0794. The molecule has 7 nitrogen and oxygen atoms in total. The Morgan fingerprint density at radius 1 is 0.939 bits per heavy atom. The number of hydrogen-bond donors (Lipinski definition) is 1.